The van der Waals surface area contributed by atoms with Gasteiger partial charge in [-0.05, 0) is 0 Å². The second-order valence-corrected chi connectivity index (χ2v) is 3.04. The highest BCUT2D eigenvalue weighted by atomic mass is 16.5. The van der Waals surface area contributed by atoms with Gasteiger partial charge in [0.05, 0.1) is 38.4 Å². The maximum atomic E-state index is 10.4. The van der Waals surface area contributed by atoms with E-state index in [2.05, 4.69) is 0 Å². The number of carboxylic acid groups (broad SMARTS) is 1. The average molecular weight is 175 g/mol. The van der Waals surface area contributed by atoms with E-state index in [1.807, 2.05) is 0 Å². The van der Waals surface area contributed by atoms with E-state index in [4.69, 9.17) is 20.3 Å². The lowest BCUT2D eigenvalue weighted by molar-refractivity contribution is -0.139. The molecule has 0 amide bonds. The zero-order valence-electron chi connectivity index (χ0n) is 6.78. The summed E-state index contributed by atoms with van der Waals surface area (Å²) in [5, 5.41) is 8.53. The van der Waals surface area contributed by atoms with Crippen molar-refractivity contribution in [1.29, 1.82) is 0 Å². The third kappa shape index (κ3) is 2.77. The van der Waals surface area contributed by atoms with Crippen LogP contribution in [-0.4, -0.2) is 43.0 Å². The lowest BCUT2D eigenvalue weighted by atomic mass is 9.99. The fraction of sp³-hybridized carbons (Fsp3) is 0.857. The number of aliphatic carboxylic acids is 1. The van der Waals surface area contributed by atoms with Crippen molar-refractivity contribution in [3.8, 4) is 0 Å². The monoisotopic (exact) mass is 175 g/mol. The third-order valence-corrected chi connectivity index (χ3v) is 1.65. The van der Waals surface area contributed by atoms with Gasteiger partial charge in [0.25, 0.3) is 0 Å². The van der Waals surface area contributed by atoms with Gasteiger partial charge in [0, 0.05) is 0 Å². The van der Waals surface area contributed by atoms with Crippen molar-refractivity contribution < 1.29 is 19.4 Å². The van der Waals surface area contributed by atoms with Crippen LogP contribution >= 0.6 is 0 Å². The first-order valence-electron chi connectivity index (χ1n) is 3.79. The van der Waals surface area contributed by atoms with Crippen molar-refractivity contribution in [2.45, 2.75) is 12.0 Å². The molecule has 0 aromatic rings. The molecular weight excluding hydrogens is 162 g/mol. The summed E-state index contributed by atoms with van der Waals surface area (Å²) < 4.78 is 10.2. The Morgan fingerprint density at radius 2 is 1.92 bits per heavy atom. The Hall–Kier alpha value is -0.650. The fourth-order valence-electron chi connectivity index (χ4n) is 1.11. The predicted molar refractivity (Wildman–Crippen MR) is 40.8 cm³/mol. The molecule has 0 unspecified atom stereocenters. The summed E-state index contributed by atoms with van der Waals surface area (Å²) in [7, 11) is 0. The average Bonchev–Trinajstić information content (AvgIpc) is 2.12. The molecule has 1 aliphatic heterocycles. The van der Waals surface area contributed by atoms with Gasteiger partial charge >= 0.3 is 5.97 Å². The molecule has 0 aromatic carbocycles. The Kier molecular flexibility index (Phi) is 3.02. The minimum absolute atomic E-state index is 0.118. The molecule has 1 aliphatic rings. The van der Waals surface area contributed by atoms with Gasteiger partial charge in [-0.25, -0.2) is 0 Å². The van der Waals surface area contributed by atoms with E-state index in [0.717, 1.165) is 0 Å². The van der Waals surface area contributed by atoms with Crippen LogP contribution in [0.25, 0.3) is 0 Å². The molecule has 0 bridgehead atoms. The molecule has 70 valence electrons. The maximum absolute atomic E-state index is 10.4. The first kappa shape index (κ1) is 9.44. The van der Waals surface area contributed by atoms with Crippen LogP contribution in [0.4, 0.5) is 0 Å². The molecule has 0 atom stereocenters. The molecular formula is C7H13NO4. The third-order valence-electron chi connectivity index (χ3n) is 1.65. The summed E-state index contributed by atoms with van der Waals surface area (Å²) in [5.74, 6) is -0.924. The summed E-state index contributed by atoms with van der Waals surface area (Å²) >= 11 is 0. The number of hydrogen-bond donors (Lipinski definition) is 2. The van der Waals surface area contributed by atoms with Crippen LogP contribution in [0, 0.1) is 0 Å². The van der Waals surface area contributed by atoms with E-state index in [9.17, 15) is 4.79 Å². The van der Waals surface area contributed by atoms with Gasteiger partial charge in [-0.1, -0.05) is 0 Å². The van der Waals surface area contributed by atoms with Crippen LogP contribution in [-0.2, 0) is 14.3 Å². The molecule has 0 aliphatic carbocycles. The van der Waals surface area contributed by atoms with E-state index < -0.39 is 11.5 Å². The van der Waals surface area contributed by atoms with E-state index >= 15 is 0 Å². The Morgan fingerprint density at radius 3 is 2.33 bits per heavy atom. The van der Waals surface area contributed by atoms with Crippen molar-refractivity contribution in [2.75, 3.05) is 26.4 Å². The Balaban J connectivity index is 2.48. The molecule has 0 radical (unpaired) electrons. The van der Waals surface area contributed by atoms with Crippen molar-refractivity contribution in [1.82, 2.24) is 0 Å². The fourth-order valence-corrected chi connectivity index (χ4v) is 1.11. The number of hydrogen-bond acceptors (Lipinski definition) is 4. The van der Waals surface area contributed by atoms with Crippen LogP contribution < -0.4 is 5.73 Å². The van der Waals surface area contributed by atoms with Gasteiger partial charge in [-0.15, -0.1) is 0 Å². The molecule has 1 heterocycles. The summed E-state index contributed by atoms with van der Waals surface area (Å²) in [5.41, 5.74) is 4.87. The van der Waals surface area contributed by atoms with Crippen LogP contribution in [0.5, 0.6) is 0 Å². The lowest BCUT2D eigenvalue weighted by Crippen LogP contribution is -2.49. The smallest absolute Gasteiger partial charge is 0.305 e. The number of carbonyl (C=O) groups is 1. The highest BCUT2D eigenvalue weighted by molar-refractivity contribution is 5.68. The van der Waals surface area contributed by atoms with Gasteiger partial charge in [-0.2, -0.15) is 0 Å². The Labute approximate surface area is 70.4 Å². The minimum Gasteiger partial charge on any atom is -0.481 e. The van der Waals surface area contributed by atoms with Gasteiger partial charge in [0.1, 0.15) is 0 Å². The van der Waals surface area contributed by atoms with Crippen molar-refractivity contribution in [3.05, 3.63) is 0 Å². The van der Waals surface area contributed by atoms with Gasteiger partial charge in [0.2, 0.25) is 0 Å². The number of carboxylic acids is 1. The molecule has 0 spiro atoms. The van der Waals surface area contributed by atoms with Gasteiger partial charge in [-0.3, -0.25) is 4.79 Å². The van der Waals surface area contributed by atoms with E-state index in [1.165, 1.54) is 0 Å². The van der Waals surface area contributed by atoms with Gasteiger partial charge < -0.3 is 20.3 Å². The zero-order valence-corrected chi connectivity index (χ0v) is 6.78. The first-order chi connectivity index (χ1) is 5.62. The normalized spacial score (nSPS) is 23.1. The number of rotatable bonds is 2. The highest BCUT2D eigenvalue weighted by Crippen LogP contribution is 2.11. The molecule has 0 aromatic heterocycles. The topological polar surface area (TPSA) is 81.8 Å². The van der Waals surface area contributed by atoms with Crippen molar-refractivity contribution in [2.24, 2.45) is 5.73 Å². The SMILES string of the molecule is NC1(CC(=O)O)COCCOC1. The molecule has 5 heteroatoms. The Morgan fingerprint density at radius 1 is 1.42 bits per heavy atom. The second kappa shape index (κ2) is 3.84. The minimum atomic E-state index is -0.924. The quantitative estimate of drug-likeness (QED) is 0.574. The van der Waals surface area contributed by atoms with E-state index in [1.54, 1.807) is 0 Å². The molecule has 1 fully saturated rings. The Bertz CT molecular complexity index is 163. The highest BCUT2D eigenvalue weighted by Gasteiger charge is 2.30. The summed E-state index contributed by atoms with van der Waals surface area (Å²) in [6, 6.07) is 0. The van der Waals surface area contributed by atoms with Crippen LogP contribution in [0.1, 0.15) is 6.42 Å². The molecule has 12 heavy (non-hydrogen) atoms. The van der Waals surface area contributed by atoms with Gasteiger partial charge in [0.15, 0.2) is 0 Å². The predicted octanol–water partition coefficient (Wildman–Crippen LogP) is -0.795. The zero-order chi connectivity index (χ0) is 9.03. The van der Waals surface area contributed by atoms with E-state index in [-0.39, 0.29) is 19.6 Å². The number of ether oxygens (including phenoxy) is 2. The largest absolute Gasteiger partial charge is 0.481 e. The molecule has 0 saturated carbocycles. The molecule has 1 rings (SSSR count). The van der Waals surface area contributed by atoms with Crippen LogP contribution in [0.2, 0.25) is 0 Å². The van der Waals surface area contributed by atoms with Crippen LogP contribution in [0.3, 0.4) is 0 Å². The van der Waals surface area contributed by atoms with Crippen molar-refractivity contribution in [3.63, 3.8) is 0 Å². The molecule has 3 N–H and O–H groups in total. The second-order valence-electron chi connectivity index (χ2n) is 3.04. The summed E-state index contributed by atoms with van der Waals surface area (Å²) in [6.07, 6.45) is -0.118. The van der Waals surface area contributed by atoms with Crippen molar-refractivity contribution >= 4 is 5.97 Å². The molecule has 1 saturated heterocycles. The molecule has 5 nitrogen and oxygen atoms in total. The van der Waals surface area contributed by atoms with Crippen LogP contribution in [0.15, 0.2) is 0 Å². The van der Waals surface area contributed by atoms with E-state index in [0.29, 0.717) is 13.2 Å². The summed E-state index contributed by atoms with van der Waals surface area (Å²) in [6.45, 7) is 1.47. The first-order valence-corrected chi connectivity index (χ1v) is 3.79. The lowest BCUT2D eigenvalue weighted by Gasteiger charge is -2.23. The maximum Gasteiger partial charge on any atom is 0.305 e. The summed E-state index contributed by atoms with van der Waals surface area (Å²) in [4.78, 5) is 10.4. The number of nitrogens with two attached hydrogens (primary N) is 1. The standard InChI is InChI=1S/C7H13NO4/c8-7(3-6(9)10)4-11-1-2-12-5-7/h1-5,8H2,(H,9,10).